The first kappa shape index (κ1) is 17.7. The van der Waals surface area contributed by atoms with Crippen LogP contribution in [0.3, 0.4) is 0 Å². The van der Waals surface area contributed by atoms with Crippen LogP contribution in [0.2, 0.25) is 0 Å². The lowest BCUT2D eigenvalue weighted by Gasteiger charge is -2.16. The summed E-state index contributed by atoms with van der Waals surface area (Å²) < 4.78 is 32.5. The molecule has 2 aromatic rings. The van der Waals surface area contributed by atoms with Crippen molar-refractivity contribution in [1.82, 2.24) is 4.72 Å². The molecule has 3 rings (SSSR count). The molecule has 1 heterocycles. The summed E-state index contributed by atoms with van der Waals surface area (Å²) in [4.78, 5) is 2.22. The number of sulfonamides is 1. The maximum atomic E-state index is 12.5. The number of likely N-dealkylation sites (N-methyl/N-ethyl adjacent to an activating group) is 1. The van der Waals surface area contributed by atoms with E-state index in [1.165, 1.54) is 18.7 Å². The average molecular weight is 362 g/mol. The van der Waals surface area contributed by atoms with Crippen molar-refractivity contribution in [2.75, 3.05) is 32.1 Å². The molecule has 2 aromatic carbocycles. The van der Waals surface area contributed by atoms with Gasteiger partial charge in [-0.1, -0.05) is 24.3 Å². The minimum Gasteiger partial charge on any atom is -0.495 e. The zero-order valence-corrected chi connectivity index (χ0v) is 15.1. The van der Waals surface area contributed by atoms with Gasteiger partial charge in [0.1, 0.15) is 10.6 Å². The first-order valence-corrected chi connectivity index (χ1v) is 9.55. The van der Waals surface area contributed by atoms with Crippen molar-refractivity contribution in [3.8, 4) is 5.75 Å². The molecule has 0 amide bonds. The van der Waals surface area contributed by atoms with Crippen LogP contribution in [0.5, 0.6) is 5.75 Å². The van der Waals surface area contributed by atoms with Crippen LogP contribution in [0.1, 0.15) is 17.2 Å². The molecule has 0 spiro atoms. The van der Waals surface area contributed by atoms with Gasteiger partial charge in [0, 0.05) is 25.8 Å². The Balaban J connectivity index is 1.73. The Morgan fingerprint density at radius 1 is 1.28 bits per heavy atom. The lowest BCUT2D eigenvalue weighted by Crippen LogP contribution is -2.29. The van der Waals surface area contributed by atoms with Gasteiger partial charge < -0.3 is 14.7 Å². The Morgan fingerprint density at radius 3 is 2.80 bits per heavy atom. The third kappa shape index (κ3) is 3.63. The van der Waals surface area contributed by atoms with Gasteiger partial charge in [-0.25, -0.2) is 13.1 Å². The maximum absolute atomic E-state index is 12.5. The van der Waals surface area contributed by atoms with Gasteiger partial charge >= 0.3 is 0 Å². The number of nitrogens with one attached hydrogen (secondary N) is 1. The van der Waals surface area contributed by atoms with E-state index >= 15 is 0 Å². The highest BCUT2D eigenvalue weighted by atomic mass is 32.2. The van der Waals surface area contributed by atoms with E-state index in [-0.39, 0.29) is 17.2 Å². The van der Waals surface area contributed by atoms with Gasteiger partial charge in [0.15, 0.2) is 0 Å². The number of fused-ring (bicyclic) bond motifs is 1. The maximum Gasteiger partial charge on any atom is 0.244 e. The minimum atomic E-state index is -3.77. The molecule has 0 fully saturated rings. The normalized spacial score (nSPS) is 15.1. The summed E-state index contributed by atoms with van der Waals surface area (Å²) in [7, 11) is -0.317. The minimum absolute atomic E-state index is 0.0558. The second-order valence-corrected chi connectivity index (χ2v) is 7.81. The van der Waals surface area contributed by atoms with Gasteiger partial charge in [-0.3, -0.25) is 0 Å². The Bertz CT molecular complexity index is 867. The Kier molecular flexibility index (Phi) is 4.99. The predicted octanol–water partition coefficient (Wildman–Crippen LogP) is 1.70. The fourth-order valence-corrected chi connectivity index (χ4v) is 4.23. The van der Waals surface area contributed by atoms with Crippen LogP contribution in [0, 0.1) is 0 Å². The number of hydrogen-bond donors (Lipinski definition) is 2. The monoisotopic (exact) mass is 362 g/mol. The van der Waals surface area contributed by atoms with Crippen LogP contribution in [0.4, 0.5) is 5.69 Å². The van der Waals surface area contributed by atoms with E-state index < -0.39 is 16.1 Å². The molecule has 0 bridgehead atoms. The second kappa shape index (κ2) is 7.03. The molecule has 0 radical (unpaired) electrons. The number of anilines is 1. The molecule has 1 unspecified atom stereocenters. The molecule has 1 atom stereocenters. The molecule has 0 aromatic heterocycles. The highest BCUT2D eigenvalue weighted by Gasteiger charge is 2.22. The molecular formula is C18H22N2O4S. The molecule has 0 aliphatic carbocycles. The summed E-state index contributed by atoms with van der Waals surface area (Å²) in [6.07, 6.45) is 0.0139. The Morgan fingerprint density at radius 2 is 2.04 bits per heavy atom. The average Bonchev–Trinajstić information content (AvgIpc) is 3.00. The lowest BCUT2D eigenvalue weighted by atomic mass is 10.0. The molecular weight excluding hydrogens is 340 g/mol. The zero-order chi connectivity index (χ0) is 18.0. The molecule has 134 valence electrons. The van der Waals surface area contributed by atoms with Crippen LogP contribution in [0.25, 0.3) is 0 Å². The largest absolute Gasteiger partial charge is 0.495 e. The van der Waals surface area contributed by atoms with Crippen LogP contribution >= 0.6 is 0 Å². The lowest BCUT2D eigenvalue weighted by molar-refractivity contribution is 0.182. The molecule has 25 heavy (non-hydrogen) atoms. The van der Waals surface area contributed by atoms with Crippen molar-refractivity contribution in [2.24, 2.45) is 0 Å². The van der Waals surface area contributed by atoms with Gasteiger partial charge in [0.2, 0.25) is 10.0 Å². The standard InChI is InChI=1S/C18H22N2O4S/c1-20-10-9-13-11-14(7-8-15(13)20)16(21)12-19-25(22,23)18-6-4-3-5-17(18)24-2/h3-8,11,16,19,21H,9-10,12H2,1-2H3. The van der Waals surface area contributed by atoms with Crippen LogP contribution in [0.15, 0.2) is 47.4 Å². The molecule has 7 heteroatoms. The summed E-state index contributed by atoms with van der Waals surface area (Å²) in [5, 5.41) is 10.4. The zero-order valence-electron chi connectivity index (χ0n) is 14.3. The van der Waals surface area contributed by atoms with Gasteiger partial charge in [0.25, 0.3) is 0 Å². The molecule has 1 aliphatic heterocycles. The Labute approximate surface area is 148 Å². The van der Waals surface area contributed by atoms with E-state index in [4.69, 9.17) is 4.74 Å². The topological polar surface area (TPSA) is 78.9 Å². The van der Waals surface area contributed by atoms with Crippen molar-refractivity contribution in [1.29, 1.82) is 0 Å². The van der Waals surface area contributed by atoms with E-state index in [2.05, 4.69) is 9.62 Å². The van der Waals surface area contributed by atoms with Crippen LogP contribution in [-0.2, 0) is 16.4 Å². The van der Waals surface area contributed by atoms with Crippen molar-refractivity contribution in [2.45, 2.75) is 17.4 Å². The van der Waals surface area contributed by atoms with E-state index in [0.717, 1.165) is 18.7 Å². The number of methoxy groups -OCH3 is 1. The van der Waals surface area contributed by atoms with Gasteiger partial charge in [-0.15, -0.1) is 0 Å². The summed E-state index contributed by atoms with van der Waals surface area (Å²) >= 11 is 0. The van der Waals surface area contributed by atoms with Crippen molar-refractivity contribution in [3.63, 3.8) is 0 Å². The smallest absolute Gasteiger partial charge is 0.244 e. The fraction of sp³-hybridized carbons (Fsp3) is 0.333. The highest BCUT2D eigenvalue weighted by molar-refractivity contribution is 7.89. The molecule has 6 nitrogen and oxygen atoms in total. The van der Waals surface area contributed by atoms with E-state index in [0.29, 0.717) is 5.56 Å². The van der Waals surface area contributed by atoms with E-state index in [1.54, 1.807) is 18.2 Å². The summed E-state index contributed by atoms with van der Waals surface area (Å²) in [6.45, 7) is 0.852. The second-order valence-electron chi connectivity index (χ2n) is 6.08. The van der Waals surface area contributed by atoms with E-state index in [1.807, 2.05) is 25.2 Å². The Hall–Kier alpha value is -2.09. The highest BCUT2D eigenvalue weighted by Crippen LogP contribution is 2.29. The third-order valence-electron chi connectivity index (χ3n) is 4.44. The fourth-order valence-electron chi connectivity index (χ4n) is 3.02. The quantitative estimate of drug-likeness (QED) is 0.818. The molecule has 0 saturated heterocycles. The number of benzene rings is 2. The van der Waals surface area contributed by atoms with Crippen molar-refractivity contribution >= 4 is 15.7 Å². The van der Waals surface area contributed by atoms with E-state index in [9.17, 15) is 13.5 Å². The number of nitrogens with zero attached hydrogens (tertiary/aromatic N) is 1. The van der Waals surface area contributed by atoms with Crippen LogP contribution in [-0.4, -0.2) is 40.8 Å². The summed E-state index contributed by atoms with van der Waals surface area (Å²) in [5.74, 6) is 0.269. The van der Waals surface area contributed by atoms with Gasteiger partial charge in [-0.05, 0) is 35.7 Å². The third-order valence-corrected chi connectivity index (χ3v) is 5.90. The number of aliphatic hydroxyl groups excluding tert-OH is 1. The summed E-state index contributed by atoms with van der Waals surface area (Å²) in [6, 6.07) is 12.1. The SMILES string of the molecule is COc1ccccc1S(=O)(=O)NCC(O)c1ccc2c(c1)CCN2C. The van der Waals surface area contributed by atoms with Crippen LogP contribution < -0.4 is 14.4 Å². The molecule has 1 aliphatic rings. The number of rotatable bonds is 6. The van der Waals surface area contributed by atoms with Gasteiger partial charge in [0.05, 0.1) is 13.2 Å². The number of para-hydroxylation sites is 1. The summed E-state index contributed by atoms with van der Waals surface area (Å²) in [5.41, 5.74) is 3.04. The van der Waals surface area contributed by atoms with Crippen molar-refractivity contribution in [3.05, 3.63) is 53.6 Å². The number of aliphatic hydroxyl groups is 1. The first-order valence-electron chi connectivity index (χ1n) is 8.07. The predicted molar refractivity (Wildman–Crippen MR) is 96.6 cm³/mol. The number of hydrogen-bond acceptors (Lipinski definition) is 5. The van der Waals surface area contributed by atoms with Crippen molar-refractivity contribution < 1.29 is 18.3 Å². The molecule has 0 saturated carbocycles. The number of ether oxygens (including phenoxy) is 1. The first-order chi connectivity index (χ1) is 11.9. The van der Waals surface area contributed by atoms with Gasteiger partial charge in [-0.2, -0.15) is 0 Å². The molecule has 2 N–H and O–H groups in total.